The summed E-state index contributed by atoms with van der Waals surface area (Å²) in [4.78, 5) is 12.7. The van der Waals surface area contributed by atoms with Gasteiger partial charge in [0.1, 0.15) is 0 Å². The number of hydrogen-bond donors (Lipinski definition) is 1. The molecule has 1 amide bonds. The van der Waals surface area contributed by atoms with Gasteiger partial charge in [0.25, 0.3) is 0 Å². The Bertz CT molecular complexity index is 928. The fourth-order valence-corrected chi connectivity index (χ4v) is 5.36. The van der Waals surface area contributed by atoms with Crippen LogP contribution in [0.5, 0.6) is 0 Å². The van der Waals surface area contributed by atoms with E-state index in [4.69, 9.17) is 0 Å². The van der Waals surface area contributed by atoms with Crippen LogP contribution in [0.1, 0.15) is 35.1 Å². The van der Waals surface area contributed by atoms with E-state index in [2.05, 4.69) is 5.32 Å². The maximum absolute atomic E-state index is 13.5. The van der Waals surface area contributed by atoms with Gasteiger partial charge >= 0.3 is 0 Å². The third-order valence-electron chi connectivity index (χ3n) is 4.96. The zero-order chi connectivity index (χ0) is 20.3. The van der Waals surface area contributed by atoms with E-state index in [1.165, 1.54) is 4.31 Å². The number of rotatable bonds is 8. The van der Waals surface area contributed by atoms with E-state index >= 15 is 0 Å². The summed E-state index contributed by atoms with van der Waals surface area (Å²) in [5.41, 5.74) is 3.49. The van der Waals surface area contributed by atoms with Crippen LogP contribution in [0, 0.1) is 20.8 Å². The highest BCUT2D eigenvalue weighted by atomic mass is 32.2. The van der Waals surface area contributed by atoms with Crippen LogP contribution in [0.2, 0.25) is 0 Å². The average molecular weight is 401 g/mol. The lowest BCUT2D eigenvalue weighted by Gasteiger charge is -2.24. The van der Waals surface area contributed by atoms with Crippen LogP contribution in [0.3, 0.4) is 0 Å². The van der Waals surface area contributed by atoms with E-state index in [1.54, 1.807) is 0 Å². The average Bonchev–Trinajstić information content (AvgIpc) is 3.42. The molecule has 150 valence electrons. The van der Waals surface area contributed by atoms with Gasteiger partial charge in [0, 0.05) is 12.6 Å². The second-order valence-electron chi connectivity index (χ2n) is 7.64. The van der Waals surface area contributed by atoms with Gasteiger partial charge in [-0.15, -0.1) is 0 Å². The number of benzene rings is 2. The molecule has 28 heavy (non-hydrogen) atoms. The predicted molar refractivity (Wildman–Crippen MR) is 111 cm³/mol. The summed E-state index contributed by atoms with van der Waals surface area (Å²) in [6, 6.07) is 13.7. The number of carbonyl (C=O) groups is 1. The lowest BCUT2D eigenvalue weighted by Crippen LogP contribution is -2.42. The Hall–Kier alpha value is -2.18. The molecule has 0 saturated heterocycles. The van der Waals surface area contributed by atoms with Gasteiger partial charge in [-0.25, -0.2) is 8.42 Å². The number of nitrogens with one attached hydrogen (secondary N) is 1. The summed E-state index contributed by atoms with van der Waals surface area (Å²) in [6.07, 6.45) is 2.50. The van der Waals surface area contributed by atoms with E-state index < -0.39 is 10.0 Å². The smallest absolute Gasteiger partial charge is 0.244 e. The summed E-state index contributed by atoms with van der Waals surface area (Å²) < 4.78 is 28.3. The molecule has 2 aromatic carbocycles. The number of aryl methyl sites for hydroxylation is 3. The van der Waals surface area contributed by atoms with Crippen molar-refractivity contribution in [3.63, 3.8) is 0 Å². The van der Waals surface area contributed by atoms with E-state index in [1.807, 2.05) is 63.2 Å². The van der Waals surface area contributed by atoms with Crippen molar-refractivity contribution in [2.45, 2.75) is 51.0 Å². The molecular weight excluding hydrogens is 372 g/mol. The van der Waals surface area contributed by atoms with Gasteiger partial charge in [0.2, 0.25) is 15.9 Å². The highest BCUT2D eigenvalue weighted by Gasteiger charge is 2.31. The third-order valence-corrected chi connectivity index (χ3v) is 7.11. The molecule has 2 aromatic rings. The fraction of sp³-hybridized carbons (Fsp3) is 0.409. The molecule has 6 heteroatoms. The zero-order valence-electron chi connectivity index (χ0n) is 16.7. The number of nitrogens with zero attached hydrogens (tertiary/aromatic N) is 1. The Kier molecular flexibility index (Phi) is 6.20. The Labute approximate surface area is 167 Å². The Morgan fingerprint density at radius 1 is 1.07 bits per heavy atom. The van der Waals surface area contributed by atoms with Crippen LogP contribution in [-0.4, -0.2) is 37.8 Å². The molecule has 0 atom stereocenters. The minimum absolute atomic E-state index is 0.154. The molecule has 0 spiro atoms. The van der Waals surface area contributed by atoms with Gasteiger partial charge in [-0.3, -0.25) is 4.79 Å². The minimum Gasteiger partial charge on any atom is -0.352 e. The Balaban J connectivity index is 1.88. The molecule has 0 aliphatic heterocycles. The van der Waals surface area contributed by atoms with Crippen molar-refractivity contribution in [1.82, 2.24) is 9.62 Å². The highest BCUT2D eigenvalue weighted by molar-refractivity contribution is 7.89. The van der Waals surface area contributed by atoms with Gasteiger partial charge in [-0.1, -0.05) is 48.0 Å². The molecule has 1 fully saturated rings. The maximum atomic E-state index is 13.5. The Morgan fingerprint density at radius 2 is 1.68 bits per heavy atom. The van der Waals surface area contributed by atoms with Crippen molar-refractivity contribution in [1.29, 1.82) is 0 Å². The minimum atomic E-state index is -3.79. The molecule has 1 N–H and O–H groups in total. The summed E-state index contributed by atoms with van der Waals surface area (Å²) in [5.74, 6) is -0.235. The van der Waals surface area contributed by atoms with Gasteiger partial charge < -0.3 is 5.32 Å². The summed E-state index contributed by atoms with van der Waals surface area (Å²) in [5, 5.41) is 2.90. The van der Waals surface area contributed by atoms with Crippen molar-refractivity contribution >= 4 is 15.9 Å². The SMILES string of the molecule is Cc1cc(C)c(S(=O)(=O)N(CCc2ccccc2)CC(=O)NC2CC2)c(C)c1. The molecule has 5 nitrogen and oxygen atoms in total. The second kappa shape index (κ2) is 8.45. The van der Waals surface area contributed by atoms with Crippen LogP contribution in [0.25, 0.3) is 0 Å². The topological polar surface area (TPSA) is 66.5 Å². The molecule has 0 unspecified atom stereocenters. The first-order chi connectivity index (χ1) is 13.3. The first-order valence-corrected chi connectivity index (χ1v) is 11.1. The van der Waals surface area contributed by atoms with Crippen LogP contribution in [-0.2, 0) is 21.2 Å². The van der Waals surface area contributed by atoms with Crippen molar-refractivity contribution in [3.05, 3.63) is 64.7 Å². The maximum Gasteiger partial charge on any atom is 0.244 e. The van der Waals surface area contributed by atoms with Crippen molar-refractivity contribution in [3.8, 4) is 0 Å². The summed E-state index contributed by atoms with van der Waals surface area (Å²) in [7, 11) is -3.79. The van der Waals surface area contributed by atoms with E-state index in [0.29, 0.717) is 22.4 Å². The third kappa shape index (κ3) is 5.00. The predicted octanol–water partition coefficient (Wildman–Crippen LogP) is 3.12. The molecule has 1 saturated carbocycles. The molecule has 0 radical (unpaired) electrons. The van der Waals surface area contributed by atoms with Crippen LogP contribution >= 0.6 is 0 Å². The number of carbonyl (C=O) groups excluding carboxylic acids is 1. The molecule has 3 rings (SSSR count). The quantitative estimate of drug-likeness (QED) is 0.740. The molecule has 1 aliphatic rings. The van der Waals surface area contributed by atoms with Gasteiger partial charge in [0.15, 0.2) is 0 Å². The van der Waals surface area contributed by atoms with E-state index in [-0.39, 0.29) is 25.0 Å². The monoisotopic (exact) mass is 400 g/mol. The Morgan fingerprint density at radius 3 is 2.25 bits per heavy atom. The molecule has 1 aliphatic carbocycles. The standard InChI is InChI=1S/C22H28N2O3S/c1-16-13-17(2)22(18(3)14-16)28(26,27)24(15-21(25)23-20-9-10-20)12-11-19-7-5-4-6-8-19/h4-8,13-14,20H,9-12,15H2,1-3H3,(H,23,25). The number of sulfonamides is 1. The van der Waals surface area contributed by atoms with E-state index in [0.717, 1.165) is 24.0 Å². The first kappa shape index (κ1) is 20.6. The van der Waals surface area contributed by atoms with Crippen LogP contribution in [0.4, 0.5) is 0 Å². The van der Waals surface area contributed by atoms with Crippen LogP contribution < -0.4 is 5.32 Å². The number of amides is 1. The van der Waals surface area contributed by atoms with Gasteiger partial charge in [-0.05, 0) is 56.7 Å². The molecule has 0 heterocycles. The fourth-order valence-electron chi connectivity index (χ4n) is 3.55. The number of hydrogen-bond acceptors (Lipinski definition) is 3. The summed E-state index contributed by atoms with van der Waals surface area (Å²) in [6.45, 7) is 5.68. The van der Waals surface area contributed by atoms with Gasteiger partial charge in [-0.2, -0.15) is 4.31 Å². The summed E-state index contributed by atoms with van der Waals surface area (Å²) >= 11 is 0. The normalized spacial score (nSPS) is 14.3. The highest BCUT2D eigenvalue weighted by Crippen LogP contribution is 2.26. The lowest BCUT2D eigenvalue weighted by atomic mass is 10.1. The molecule has 0 bridgehead atoms. The van der Waals surface area contributed by atoms with Crippen molar-refractivity contribution in [2.75, 3.05) is 13.1 Å². The molecule has 0 aromatic heterocycles. The second-order valence-corrected chi connectivity index (χ2v) is 9.52. The van der Waals surface area contributed by atoms with Crippen molar-refractivity contribution < 1.29 is 13.2 Å². The van der Waals surface area contributed by atoms with Gasteiger partial charge in [0.05, 0.1) is 11.4 Å². The van der Waals surface area contributed by atoms with E-state index in [9.17, 15) is 13.2 Å². The zero-order valence-corrected chi connectivity index (χ0v) is 17.6. The lowest BCUT2D eigenvalue weighted by molar-refractivity contribution is -0.121. The largest absolute Gasteiger partial charge is 0.352 e. The first-order valence-electron chi connectivity index (χ1n) is 9.68. The van der Waals surface area contributed by atoms with Crippen molar-refractivity contribution in [2.24, 2.45) is 0 Å². The van der Waals surface area contributed by atoms with Crippen LogP contribution in [0.15, 0.2) is 47.4 Å². The molecular formula is C22H28N2O3S.